The highest BCUT2D eigenvalue weighted by atomic mass is 32.2. The molecule has 0 bridgehead atoms. The maximum absolute atomic E-state index is 11.8. The lowest BCUT2D eigenvalue weighted by Crippen LogP contribution is -2.30. The minimum absolute atomic E-state index is 0.132. The summed E-state index contributed by atoms with van der Waals surface area (Å²) >= 11 is 0. The molecule has 3 rings (SSSR count). The number of para-hydroxylation sites is 1. The highest BCUT2D eigenvalue weighted by molar-refractivity contribution is 7.90. The van der Waals surface area contributed by atoms with Crippen molar-refractivity contribution >= 4 is 21.2 Å². The third kappa shape index (κ3) is 2.46. The predicted molar refractivity (Wildman–Crippen MR) is 82.6 cm³/mol. The van der Waals surface area contributed by atoms with Crippen molar-refractivity contribution in [2.75, 3.05) is 24.2 Å². The van der Waals surface area contributed by atoms with E-state index < -0.39 is 14.8 Å². The van der Waals surface area contributed by atoms with Crippen LogP contribution in [0.2, 0.25) is 0 Å². The Labute approximate surface area is 129 Å². The molecule has 3 unspecified atom stereocenters. The van der Waals surface area contributed by atoms with Crippen molar-refractivity contribution in [1.29, 1.82) is 0 Å². The molecular formula is C14H19N3O4S. The Morgan fingerprint density at radius 1 is 1.32 bits per heavy atom. The average molecular weight is 325 g/mol. The van der Waals surface area contributed by atoms with Gasteiger partial charge in [0.1, 0.15) is 10.6 Å². The number of benzene rings is 1. The Morgan fingerprint density at radius 2 is 2.05 bits per heavy atom. The van der Waals surface area contributed by atoms with Gasteiger partial charge < -0.3 is 10.6 Å². The minimum atomic E-state index is -3.65. The van der Waals surface area contributed by atoms with Crippen LogP contribution in [0.3, 0.4) is 0 Å². The first-order chi connectivity index (χ1) is 10.3. The summed E-state index contributed by atoms with van der Waals surface area (Å²) in [4.78, 5) is 12.5. The second kappa shape index (κ2) is 5.20. The summed E-state index contributed by atoms with van der Waals surface area (Å²) < 4.78 is 23.7. The highest BCUT2D eigenvalue weighted by Crippen LogP contribution is 2.42. The van der Waals surface area contributed by atoms with Crippen molar-refractivity contribution < 1.29 is 13.3 Å². The van der Waals surface area contributed by atoms with Crippen LogP contribution in [0.5, 0.6) is 0 Å². The van der Waals surface area contributed by atoms with Gasteiger partial charge in [0.15, 0.2) is 9.84 Å². The Morgan fingerprint density at radius 3 is 2.64 bits per heavy atom. The summed E-state index contributed by atoms with van der Waals surface area (Å²) in [5.41, 5.74) is 6.16. The van der Waals surface area contributed by atoms with Gasteiger partial charge >= 0.3 is 5.69 Å². The van der Waals surface area contributed by atoms with Crippen LogP contribution < -0.4 is 10.6 Å². The third-order valence-corrected chi connectivity index (χ3v) is 5.94. The van der Waals surface area contributed by atoms with E-state index in [0.29, 0.717) is 30.6 Å². The molecule has 1 aliphatic carbocycles. The van der Waals surface area contributed by atoms with Crippen molar-refractivity contribution in [2.45, 2.75) is 23.8 Å². The maximum Gasteiger partial charge on any atom is 0.311 e. The molecule has 7 nitrogen and oxygen atoms in total. The Hall–Kier alpha value is -1.67. The topological polar surface area (TPSA) is 107 Å². The quantitative estimate of drug-likeness (QED) is 0.660. The van der Waals surface area contributed by atoms with Crippen LogP contribution in [0.15, 0.2) is 23.1 Å². The molecule has 120 valence electrons. The molecule has 8 heteroatoms. The number of nitrogens with zero attached hydrogens (tertiary/aromatic N) is 2. The standard InChI is InChI=1S/C14H19N3O4S/c1-22(20,21)13-4-2-3-12(14(13)17(18)19)16-7-9-5-6-11(15)10(9)8-16/h2-4,9-11H,5-8,15H2,1H3. The van der Waals surface area contributed by atoms with Crippen LogP contribution in [0.25, 0.3) is 0 Å². The monoisotopic (exact) mass is 325 g/mol. The summed E-state index contributed by atoms with van der Waals surface area (Å²) in [7, 11) is -3.65. The van der Waals surface area contributed by atoms with Crippen LogP contribution in [0.1, 0.15) is 12.8 Å². The van der Waals surface area contributed by atoms with Gasteiger partial charge in [-0.05, 0) is 36.8 Å². The molecule has 0 radical (unpaired) electrons. The van der Waals surface area contributed by atoms with E-state index in [-0.39, 0.29) is 16.6 Å². The molecule has 0 amide bonds. The second-order valence-corrected chi connectivity index (χ2v) is 8.21. The molecule has 1 aromatic rings. The van der Waals surface area contributed by atoms with Crippen molar-refractivity contribution in [1.82, 2.24) is 0 Å². The van der Waals surface area contributed by atoms with E-state index in [1.807, 2.05) is 4.90 Å². The van der Waals surface area contributed by atoms with E-state index in [2.05, 4.69) is 0 Å². The van der Waals surface area contributed by atoms with Gasteiger partial charge in [0.2, 0.25) is 0 Å². The Bertz CT molecular complexity index is 719. The second-order valence-electron chi connectivity index (χ2n) is 6.22. The van der Waals surface area contributed by atoms with Gasteiger partial charge in [-0.2, -0.15) is 0 Å². The number of nitro groups is 1. The number of fused-ring (bicyclic) bond motifs is 1. The largest absolute Gasteiger partial charge is 0.365 e. The molecule has 2 aliphatic rings. The van der Waals surface area contributed by atoms with Gasteiger partial charge in [-0.1, -0.05) is 6.07 Å². The fourth-order valence-electron chi connectivity index (χ4n) is 3.75. The van der Waals surface area contributed by atoms with E-state index in [4.69, 9.17) is 5.73 Å². The van der Waals surface area contributed by atoms with Crippen LogP contribution in [0.4, 0.5) is 11.4 Å². The highest BCUT2D eigenvalue weighted by Gasteiger charge is 2.43. The molecule has 22 heavy (non-hydrogen) atoms. The number of hydrogen-bond acceptors (Lipinski definition) is 6. The first-order valence-electron chi connectivity index (χ1n) is 7.27. The van der Waals surface area contributed by atoms with Crippen LogP contribution >= 0.6 is 0 Å². The number of nitro benzene ring substituents is 1. The molecule has 1 aromatic carbocycles. The van der Waals surface area contributed by atoms with Gasteiger partial charge in [0, 0.05) is 25.4 Å². The lowest BCUT2D eigenvalue weighted by Gasteiger charge is -2.21. The smallest absolute Gasteiger partial charge is 0.311 e. The van der Waals surface area contributed by atoms with Gasteiger partial charge in [0.25, 0.3) is 0 Å². The van der Waals surface area contributed by atoms with Crippen LogP contribution in [-0.4, -0.2) is 38.7 Å². The third-order valence-electron chi connectivity index (χ3n) is 4.81. The number of nitrogens with two attached hydrogens (primary N) is 1. The number of sulfone groups is 1. The van der Waals surface area contributed by atoms with E-state index in [1.165, 1.54) is 6.07 Å². The molecule has 2 fully saturated rings. The number of rotatable bonds is 3. The molecule has 3 atom stereocenters. The molecule has 0 aromatic heterocycles. The number of anilines is 1. The van der Waals surface area contributed by atoms with E-state index >= 15 is 0 Å². The predicted octanol–water partition coefficient (Wildman–Crippen LogP) is 1.17. The first-order valence-corrected chi connectivity index (χ1v) is 9.16. The lowest BCUT2D eigenvalue weighted by atomic mass is 9.98. The normalized spacial score (nSPS) is 27.9. The molecule has 1 saturated heterocycles. The van der Waals surface area contributed by atoms with Crippen LogP contribution in [-0.2, 0) is 9.84 Å². The molecule has 1 heterocycles. The Kier molecular flexibility index (Phi) is 3.60. The SMILES string of the molecule is CS(=O)(=O)c1cccc(N2CC3CCC(N)C3C2)c1[N+](=O)[O-]. The molecule has 2 N–H and O–H groups in total. The van der Waals surface area contributed by atoms with Crippen molar-refractivity contribution in [3.8, 4) is 0 Å². The summed E-state index contributed by atoms with van der Waals surface area (Å²) in [6, 6.07) is 4.61. The maximum atomic E-state index is 11.8. The lowest BCUT2D eigenvalue weighted by molar-refractivity contribution is -0.387. The fourth-order valence-corrected chi connectivity index (χ4v) is 4.61. The van der Waals surface area contributed by atoms with E-state index in [9.17, 15) is 18.5 Å². The van der Waals surface area contributed by atoms with Crippen molar-refractivity contribution in [3.63, 3.8) is 0 Å². The van der Waals surface area contributed by atoms with Gasteiger partial charge in [0.05, 0.1) is 4.92 Å². The molecule has 1 aliphatic heterocycles. The zero-order valence-corrected chi connectivity index (χ0v) is 13.1. The summed E-state index contributed by atoms with van der Waals surface area (Å²) in [6.45, 7) is 1.35. The molecular weight excluding hydrogens is 306 g/mol. The number of hydrogen-bond donors (Lipinski definition) is 1. The fraction of sp³-hybridized carbons (Fsp3) is 0.571. The minimum Gasteiger partial charge on any atom is -0.365 e. The van der Waals surface area contributed by atoms with E-state index in [1.54, 1.807) is 12.1 Å². The molecule has 1 saturated carbocycles. The zero-order valence-electron chi connectivity index (χ0n) is 12.3. The average Bonchev–Trinajstić information content (AvgIpc) is 2.99. The Balaban J connectivity index is 2.03. The van der Waals surface area contributed by atoms with Gasteiger partial charge in [-0.15, -0.1) is 0 Å². The van der Waals surface area contributed by atoms with E-state index in [0.717, 1.165) is 19.1 Å². The van der Waals surface area contributed by atoms with Crippen molar-refractivity contribution in [3.05, 3.63) is 28.3 Å². The summed E-state index contributed by atoms with van der Waals surface area (Å²) in [6.07, 6.45) is 3.02. The van der Waals surface area contributed by atoms with Crippen LogP contribution in [0, 0.1) is 22.0 Å². The summed E-state index contributed by atoms with van der Waals surface area (Å²) in [5, 5.41) is 11.4. The first kappa shape index (κ1) is 15.2. The zero-order chi connectivity index (χ0) is 16.1. The van der Waals surface area contributed by atoms with Gasteiger partial charge in [-0.25, -0.2) is 8.42 Å². The van der Waals surface area contributed by atoms with Crippen molar-refractivity contribution in [2.24, 2.45) is 17.6 Å². The van der Waals surface area contributed by atoms with Gasteiger partial charge in [-0.3, -0.25) is 10.1 Å². The molecule has 0 spiro atoms. The summed E-state index contributed by atoms with van der Waals surface area (Å²) in [5.74, 6) is 0.776.